The van der Waals surface area contributed by atoms with Gasteiger partial charge in [0, 0.05) is 19.3 Å². The lowest BCUT2D eigenvalue weighted by atomic mass is 9.89. The topological polar surface area (TPSA) is 66.4 Å². The van der Waals surface area contributed by atoms with Gasteiger partial charge in [0.15, 0.2) is 0 Å². The van der Waals surface area contributed by atoms with Gasteiger partial charge < -0.3 is 10.4 Å². The van der Waals surface area contributed by atoms with Crippen LogP contribution in [0.25, 0.3) is 0 Å². The van der Waals surface area contributed by atoms with Crippen molar-refractivity contribution in [1.29, 1.82) is 0 Å². The molecule has 0 rings (SSSR count). The molecule has 1 unspecified atom stereocenters. The summed E-state index contributed by atoms with van der Waals surface area (Å²) in [7, 11) is -2.90. The summed E-state index contributed by atoms with van der Waals surface area (Å²) in [6.45, 7) is 7.04. The maximum absolute atomic E-state index is 10.8. The van der Waals surface area contributed by atoms with Crippen molar-refractivity contribution in [3.8, 4) is 0 Å². The van der Waals surface area contributed by atoms with Crippen LogP contribution >= 0.6 is 0 Å². The number of nitrogens with one attached hydrogen (secondary N) is 1. The molecule has 0 spiro atoms. The Morgan fingerprint density at radius 1 is 1.33 bits per heavy atom. The fraction of sp³-hybridized carbons (Fsp3) is 1.00. The summed E-state index contributed by atoms with van der Waals surface area (Å²) < 4.78 is 21.6. The molecule has 92 valence electrons. The van der Waals surface area contributed by atoms with Crippen LogP contribution in [0.3, 0.4) is 0 Å². The quantitative estimate of drug-likeness (QED) is 0.657. The molecule has 0 aliphatic rings. The first-order valence-electron chi connectivity index (χ1n) is 5.17. The highest BCUT2D eigenvalue weighted by Crippen LogP contribution is 2.20. The Hall–Kier alpha value is -0.130. The Morgan fingerprint density at radius 2 is 1.87 bits per heavy atom. The molecule has 1 atom stereocenters. The third kappa shape index (κ3) is 11.8. The van der Waals surface area contributed by atoms with Gasteiger partial charge in [0.1, 0.15) is 9.84 Å². The summed E-state index contributed by atoms with van der Waals surface area (Å²) in [6.07, 6.45) is 1.50. The van der Waals surface area contributed by atoms with Crippen LogP contribution in [0.4, 0.5) is 0 Å². The molecule has 4 nitrogen and oxygen atoms in total. The van der Waals surface area contributed by atoms with Crippen LogP contribution in [0.1, 0.15) is 27.2 Å². The minimum Gasteiger partial charge on any atom is -0.392 e. The Kier molecular flexibility index (Phi) is 5.77. The molecule has 15 heavy (non-hydrogen) atoms. The van der Waals surface area contributed by atoms with Crippen molar-refractivity contribution < 1.29 is 13.5 Å². The van der Waals surface area contributed by atoms with E-state index in [0.29, 0.717) is 19.5 Å². The van der Waals surface area contributed by atoms with Gasteiger partial charge in [-0.1, -0.05) is 20.8 Å². The molecule has 0 aromatic heterocycles. The lowest BCUT2D eigenvalue weighted by molar-refractivity contribution is 0.120. The maximum atomic E-state index is 10.8. The lowest BCUT2D eigenvalue weighted by Crippen LogP contribution is -2.32. The van der Waals surface area contributed by atoms with Gasteiger partial charge >= 0.3 is 0 Å². The van der Waals surface area contributed by atoms with Crippen molar-refractivity contribution in [3.63, 3.8) is 0 Å². The highest BCUT2D eigenvalue weighted by Gasteiger charge is 2.16. The molecule has 0 fully saturated rings. The largest absolute Gasteiger partial charge is 0.392 e. The summed E-state index contributed by atoms with van der Waals surface area (Å²) in [5.41, 5.74) is 0.0952. The molecule has 0 aromatic carbocycles. The predicted molar refractivity (Wildman–Crippen MR) is 62.7 cm³/mol. The Balaban J connectivity index is 3.61. The highest BCUT2D eigenvalue weighted by molar-refractivity contribution is 7.90. The normalized spacial score (nSPS) is 15.3. The zero-order valence-corrected chi connectivity index (χ0v) is 10.9. The van der Waals surface area contributed by atoms with Crippen LogP contribution in [0.2, 0.25) is 0 Å². The molecule has 0 aromatic rings. The monoisotopic (exact) mass is 237 g/mol. The van der Waals surface area contributed by atoms with Crippen LogP contribution in [0.5, 0.6) is 0 Å². The van der Waals surface area contributed by atoms with Crippen LogP contribution < -0.4 is 5.32 Å². The third-order valence-corrected chi connectivity index (χ3v) is 2.82. The molecule has 0 saturated carbocycles. The van der Waals surface area contributed by atoms with E-state index >= 15 is 0 Å². The van der Waals surface area contributed by atoms with E-state index in [9.17, 15) is 13.5 Å². The number of rotatable bonds is 6. The van der Waals surface area contributed by atoms with Gasteiger partial charge in [-0.25, -0.2) is 8.42 Å². The van der Waals surface area contributed by atoms with Crippen LogP contribution in [-0.2, 0) is 9.84 Å². The van der Waals surface area contributed by atoms with Crippen molar-refractivity contribution in [2.75, 3.05) is 25.1 Å². The molecule has 0 saturated heterocycles. The van der Waals surface area contributed by atoms with Crippen LogP contribution in [-0.4, -0.2) is 44.7 Å². The minimum absolute atomic E-state index is 0.0952. The molecule has 2 N–H and O–H groups in total. The van der Waals surface area contributed by atoms with E-state index in [1.54, 1.807) is 0 Å². The van der Waals surface area contributed by atoms with E-state index in [1.165, 1.54) is 6.26 Å². The Labute approximate surface area is 93.0 Å². The van der Waals surface area contributed by atoms with Gasteiger partial charge in [-0.2, -0.15) is 0 Å². The van der Waals surface area contributed by atoms with Crippen LogP contribution in [0.15, 0.2) is 0 Å². The molecule has 0 heterocycles. The number of hydrogen-bond donors (Lipinski definition) is 2. The van der Waals surface area contributed by atoms with E-state index in [4.69, 9.17) is 0 Å². The van der Waals surface area contributed by atoms with Gasteiger partial charge in [0.25, 0.3) is 0 Å². The zero-order chi connectivity index (χ0) is 12.1. The molecule has 0 bridgehead atoms. The summed E-state index contributed by atoms with van der Waals surface area (Å²) in [6, 6.07) is 0. The maximum Gasteiger partial charge on any atom is 0.148 e. The fourth-order valence-electron chi connectivity index (χ4n) is 1.31. The molecular formula is C10H23NO3S. The first-order valence-corrected chi connectivity index (χ1v) is 7.23. The summed E-state index contributed by atoms with van der Waals surface area (Å²) in [4.78, 5) is 0. The second kappa shape index (κ2) is 5.82. The van der Waals surface area contributed by atoms with Crippen molar-refractivity contribution in [1.82, 2.24) is 5.32 Å². The predicted octanol–water partition coefficient (Wildman–Crippen LogP) is 0.418. The molecule has 0 amide bonds. The number of hydrogen-bond acceptors (Lipinski definition) is 4. The number of sulfone groups is 1. The van der Waals surface area contributed by atoms with Crippen molar-refractivity contribution in [2.45, 2.75) is 33.3 Å². The molecule has 5 heteroatoms. The molecule has 0 aliphatic carbocycles. The minimum atomic E-state index is -2.90. The zero-order valence-electron chi connectivity index (χ0n) is 10.1. The second-order valence-electron chi connectivity index (χ2n) is 5.25. The molecule has 0 aliphatic heterocycles. The second-order valence-corrected chi connectivity index (χ2v) is 7.51. The SMILES string of the molecule is CC(C)(C)CC(O)CNCCS(C)(=O)=O. The first-order chi connectivity index (χ1) is 6.60. The molecule has 0 radical (unpaired) electrons. The van der Waals surface area contributed by atoms with Gasteiger partial charge in [-0.3, -0.25) is 0 Å². The van der Waals surface area contributed by atoms with Crippen molar-refractivity contribution >= 4 is 9.84 Å². The van der Waals surface area contributed by atoms with Gasteiger partial charge in [-0.05, 0) is 11.8 Å². The highest BCUT2D eigenvalue weighted by atomic mass is 32.2. The average molecular weight is 237 g/mol. The first kappa shape index (κ1) is 14.9. The third-order valence-electron chi connectivity index (χ3n) is 1.88. The van der Waals surface area contributed by atoms with Crippen LogP contribution in [0, 0.1) is 5.41 Å². The Bertz CT molecular complexity index is 267. The van der Waals surface area contributed by atoms with E-state index in [2.05, 4.69) is 26.1 Å². The number of aliphatic hydroxyl groups excluding tert-OH is 1. The summed E-state index contributed by atoms with van der Waals surface area (Å²) in [5, 5.41) is 12.5. The summed E-state index contributed by atoms with van der Waals surface area (Å²) >= 11 is 0. The van der Waals surface area contributed by atoms with Crippen molar-refractivity contribution in [2.24, 2.45) is 5.41 Å². The van der Waals surface area contributed by atoms with E-state index in [1.807, 2.05) is 0 Å². The van der Waals surface area contributed by atoms with Gasteiger partial charge in [0.2, 0.25) is 0 Å². The van der Waals surface area contributed by atoms with Crippen molar-refractivity contribution in [3.05, 3.63) is 0 Å². The van der Waals surface area contributed by atoms with E-state index in [-0.39, 0.29) is 11.2 Å². The summed E-state index contributed by atoms with van der Waals surface area (Å²) in [5.74, 6) is 0.120. The number of aliphatic hydroxyl groups is 1. The Morgan fingerprint density at radius 3 is 2.27 bits per heavy atom. The van der Waals surface area contributed by atoms with E-state index in [0.717, 1.165) is 0 Å². The van der Waals surface area contributed by atoms with E-state index < -0.39 is 15.9 Å². The fourth-order valence-corrected chi connectivity index (χ4v) is 1.82. The average Bonchev–Trinajstić information content (AvgIpc) is 1.92. The molecular weight excluding hydrogens is 214 g/mol. The van der Waals surface area contributed by atoms with Gasteiger partial charge in [-0.15, -0.1) is 0 Å². The standard InChI is InChI=1S/C10H23NO3S/c1-10(2,3)7-9(12)8-11-5-6-15(4,13)14/h9,11-12H,5-8H2,1-4H3. The lowest BCUT2D eigenvalue weighted by Gasteiger charge is -2.22. The van der Waals surface area contributed by atoms with Gasteiger partial charge in [0.05, 0.1) is 11.9 Å². The smallest absolute Gasteiger partial charge is 0.148 e.